The second kappa shape index (κ2) is 6.41. The number of hydrogen-bond acceptors (Lipinski definition) is 3. The van der Waals surface area contributed by atoms with Gasteiger partial charge in [-0.05, 0) is 44.7 Å². The van der Waals surface area contributed by atoms with Gasteiger partial charge in [-0.1, -0.05) is 43.2 Å². The van der Waals surface area contributed by atoms with Gasteiger partial charge in [0.05, 0.1) is 5.41 Å². The zero-order valence-electron chi connectivity index (χ0n) is 13.8. The van der Waals surface area contributed by atoms with E-state index in [1.54, 1.807) is 0 Å². The van der Waals surface area contributed by atoms with E-state index >= 15 is 0 Å². The Balaban J connectivity index is 1.83. The number of likely N-dealkylation sites (tertiary alicyclic amines) is 1. The molecule has 0 amide bonds. The Labute approximate surface area is 133 Å². The van der Waals surface area contributed by atoms with Crippen LogP contribution in [0.15, 0.2) is 30.3 Å². The number of nitrogens with zero attached hydrogens (tertiary/aromatic N) is 1. The third-order valence-corrected chi connectivity index (χ3v) is 5.59. The Hall–Kier alpha value is -1.35. The molecule has 2 atom stereocenters. The van der Waals surface area contributed by atoms with Crippen molar-refractivity contribution < 1.29 is 9.53 Å². The smallest absolute Gasteiger partial charge is 0.316 e. The fraction of sp³-hybridized carbons (Fsp3) is 0.632. The Morgan fingerprint density at radius 2 is 1.86 bits per heavy atom. The quantitative estimate of drug-likeness (QED) is 0.799. The molecule has 2 fully saturated rings. The summed E-state index contributed by atoms with van der Waals surface area (Å²) in [5.41, 5.74) is 0.608. The van der Waals surface area contributed by atoms with E-state index in [0.29, 0.717) is 5.92 Å². The zero-order chi connectivity index (χ0) is 15.6. The molecule has 0 radical (unpaired) electrons. The van der Waals surface area contributed by atoms with Gasteiger partial charge in [0.25, 0.3) is 0 Å². The van der Waals surface area contributed by atoms with Crippen LogP contribution in [0.2, 0.25) is 0 Å². The van der Waals surface area contributed by atoms with Gasteiger partial charge in [0.2, 0.25) is 0 Å². The van der Waals surface area contributed by atoms with Gasteiger partial charge in [0.15, 0.2) is 0 Å². The van der Waals surface area contributed by atoms with Gasteiger partial charge in [-0.15, -0.1) is 0 Å². The monoisotopic (exact) mass is 301 g/mol. The second-order valence-electron chi connectivity index (χ2n) is 7.13. The molecule has 2 aliphatic rings. The van der Waals surface area contributed by atoms with Gasteiger partial charge < -0.3 is 9.64 Å². The number of ether oxygens (including phenoxy) is 1. The fourth-order valence-corrected chi connectivity index (χ4v) is 4.07. The van der Waals surface area contributed by atoms with Crippen LogP contribution in [0.5, 0.6) is 0 Å². The molecule has 1 saturated carbocycles. The Morgan fingerprint density at radius 1 is 1.18 bits per heavy atom. The molecule has 3 rings (SSSR count). The predicted octanol–water partition coefficient (Wildman–Crippen LogP) is 3.38. The SMILES string of the molecule is CN1CCC(OC(=O)C(C)(c2ccccc2)C2CCCC2)C1. The zero-order valence-corrected chi connectivity index (χ0v) is 13.8. The van der Waals surface area contributed by atoms with Crippen LogP contribution in [0.4, 0.5) is 0 Å². The highest BCUT2D eigenvalue weighted by atomic mass is 16.5. The molecule has 3 nitrogen and oxygen atoms in total. The first-order chi connectivity index (χ1) is 10.6. The molecule has 3 heteroatoms. The van der Waals surface area contributed by atoms with Crippen LogP contribution < -0.4 is 0 Å². The molecular formula is C19H27NO2. The average molecular weight is 301 g/mol. The molecule has 22 heavy (non-hydrogen) atoms. The highest BCUT2D eigenvalue weighted by molar-refractivity contribution is 5.83. The van der Waals surface area contributed by atoms with Crippen molar-refractivity contribution in [3.05, 3.63) is 35.9 Å². The van der Waals surface area contributed by atoms with E-state index in [1.807, 2.05) is 18.2 Å². The third-order valence-electron chi connectivity index (χ3n) is 5.59. The summed E-state index contributed by atoms with van der Waals surface area (Å²) in [5, 5.41) is 0. The van der Waals surface area contributed by atoms with Crippen LogP contribution in [-0.4, -0.2) is 37.1 Å². The van der Waals surface area contributed by atoms with Crippen LogP contribution in [0, 0.1) is 5.92 Å². The van der Waals surface area contributed by atoms with Crippen molar-refractivity contribution in [3.8, 4) is 0 Å². The van der Waals surface area contributed by atoms with E-state index < -0.39 is 5.41 Å². The molecule has 0 N–H and O–H groups in total. The number of esters is 1. The van der Waals surface area contributed by atoms with Crippen molar-refractivity contribution in [2.75, 3.05) is 20.1 Å². The number of hydrogen-bond donors (Lipinski definition) is 0. The summed E-state index contributed by atoms with van der Waals surface area (Å²) >= 11 is 0. The van der Waals surface area contributed by atoms with E-state index in [0.717, 1.165) is 37.9 Å². The molecule has 0 bridgehead atoms. The summed E-state index contributed by atoms with van der Waals surface area (Å²) in [5.74, 6) is 0.382. The largest absolute Gasteiger partial charge is 0.460 e. The van der Waals surface area contributed by atoms with Crippen LogP contribution in [0.25, 0.3) is 0 Å². The van der Waals surface area contributed by atoms with Gasteiger partial charge in [-0.25, -0.2) is 0 Å². The minimum absolute atomic E-state index is 0.0223. The minimum Gasteiger partial charge on any atom is -0.460 e. The normalized spacial score (nSPS) is 26.0. The number of likely N-dealkylation sites (N-methyl/N-ethyl adjacent to an activating group) is 1. The van der Waals surface area contributed by atoms with Crippen molar-refractivity contribution in [1.29, 1.82) is 0 Å². The van der Waals surface area contributed by atoms with Gasteiger partial charge >= 0.3 is 5.97 Å². The maximum Gasteiger partial charge on any atom is 0.316 e. The van der Waals surface area contributed by atoms with Crippen LogP contribution in [0.3, 0.4) is 0 Å². The summed E-state index contributed by atoms with van der Waals surface area (Å²) in [7, 11) is 2.08. The molecule has 0 spiro atoms. The number of carbonyl (C=O) groups is 1. The van der Waals surface area contributed by atoms with E-state index in [-0.39, 0.29) is 12.1 Å². The first-order valence-electron chi connectivity index (χ1n) is 8.56. The molecule has 1 heterocycles. The minimum atomic E-state index is -0.501. The molecule has 2 unspecified atom stereocenters. The Bertz CT molecular complexity index is 509. The molecular weight excluding hydrogens is 274 g/mol. The third kappa shape index (κ3) is 2.91. The molecule has 120 valence electrons. The summed E-state index contributed by atoms with van der Waals surface area (Å²) in [6, 6.07) is 10.2. The van der Waals surface area contributed by atoms with Gasteiger partial charge in [0, 0.05) is 13.1 Å². The highest BCUT2D eigenvalue weighted by Gasteiger charge is 2.46. The Kier molecular flexibility index (Phi) is 4.53. The van der Waals surface area contributed by atoms with Gasteiger partial charge in [-0.3, -0.25) is 4.79 Å². The number of rotatable bonds is 4. The van der Waals surface area contributed by atoms with Gasteiger partial charge in [-0.2, -0.15) is 0 Å². The van der Waals surface area contributed by atoms with Crippen molar-refractivity contribution in [1.82, 2.24) is 4.90 Å². The molecule has 1 aromatic rings. The molecule has 1 aromatic carbocycles. The molecule has 1 aliphatic heterocycles. The lowest BCUT2D eigenvalue weighted by Gasteiger charge is -2.34. The average Bonchev–Trinajstić information content (AvgIpc) is 3.19. The van der Waals surface area contributed by atoms with Gasteiger partial charge in [0.1, 0.15) is 6.10 Å². The van der Waals surface area contributed by atoms with E-state index in [1.165, 1.54) is 12.8 Å². The van der Waals surface area contributed by atoms with Crippen LogP contribution >= 0.6 is 0 Å². The van der Waals surface area contributed by atoms with Crippen molar-refractivity contribution >= 4 is 5.97 Å². The second-order valence-corrected chi connectivity index (χ2v) is 7.13. The van der Waals surface area contributed by atoms with Crippen molar-refractivity contribution in [2.45, 2.75) is 50.5 Å². The predicted molar refractivity (Wildman–Crippen MR) is 87.7 cm³/mol. The molecule has 1 saturated heterocycles. The fourth-order valence-electron chi connectivity index (χ4n) is 4.07. The molecule has 1 aliphatic carbocycles. The van der Waals surface area contributed by atoms with E-state index in [4.69, 9.17) is 4.74 Å². The number of carbonyl (C=O) groups excluding carboxylic acids is 1. The molecule has 0 aromatic heterocycles. The summed E-state index contributed by atoms with van der Waals surface area (Å²) in [6.45, 7) is 3.98. The highest BCUT2D eigenvalue weighted by Crippen LogP contribution is 2.43. The van der Waals surface area contributed by atoms with Crippen molar-refractivity contribution in [2.24, 2.45) is 5.92 Å². The topological polar surface area (TPSA) is 29.5 Å². The number of benzene rings is 1. The Morgan fingerprint density at radius 3 is 2.45 bits per heavy atom. The van der Waals surface area contributed by atoms with Crippen LogP contribution in [-0.2, 0) is 14.9 Å². The van der Waals surface area contributed by atoms with Crippen LogP contribution in [0.1, 0.15) is 44.6 Å². The van der Waals surface area contributed by atoms with Crippen molar-refractivity contribution in [3.63, 3.8) is 0 Å². The maximum atomic E-state index is 13.1. The lowest BCUT2D eigenvalue weighted by Crippen LogP contribution is -2.42. The first-order valence-corrected chi connectivity index (χ1v) is 8.56. The summed E-state index contributed by atoms with van der Waals surface area (Å²) < 4.78 is 5.93. The maximum absolute atomic E-state index is 13.1. The lowest BCUT2D eigenvalue weighted by atomic mass is 9.71. The summed E-state index contributed by atoms with van der Waals surface area (Å²) in [6.07, 6.45) is 5.73. The summed E-state index contributed by atoms with van der Waals surface area (Å²) in [4.78, 5) is 15.3. The first kappa shape index (κ1) is 15.5. The lowest BCUT2D eigenvalue weighted by molar-refractivity contribution is -0.157. The van der Waals surface area contributed by atoms with E-state index in [2.05, 4.69) is 31.0 Å². The standard InChI is InChI=1S/C19H27NO2/c1-19(16-10-6-7-11-16,15-8-4-3-5-9-15)18(21)22-17-12-13-20(2)14-17/h3-5,8-9,16-17H,6-7,10-14H2,1-2H3. The van der Waals surface area contributed by atoms with E-state index in [9.17, 15) is 4.79 Å².